The maximum atomic E-state index is 14.2. The van der Waals surface area contributed by atoms with Crippen LogP contribution in [0.25, 0.3) is 33.4 Å². The van der Waals surface area contributed by atoms with Crippen molar-refractivity contribution in [3.63, 3.8) is 0 Å². The Labute approximate surface area is 318 Å². The quantitative estimate of drug-likeness (QED) is 0.0792. The predicted molar refractivity (Wildman–Crippen MR) is 200 cm³/mol. The Balaban J connectivity index is 1.20. The summed E-state index contributed by atoms with van der Waals surface area (Å²) in [5.74, 6) is -16.4. The Morgan fingerprint density at radius 1 is 0.982 bits per heavy atom. The molecule has 5 aromatic rings. The lowest BCUT2D eigenvalue weighted by molar-refractivity contribution is -0.231. The number of hydrogen-bond donors (Lipinski definition) is 6. The normalized spacial score (nSPS) is 16.9. The summed E-state index contributed by atoms with van der Waals surface area (Å²) in [4.78, 5) is 54.2. The molecule has 0 aliphatic heterocycles. The summed E-state index contributed by atoms with van der Waals surface area (Å²) in [5.41, 5.74) is 10.3. The first kappa shape index (κ1) is 39.8. The van der Waals surface area contributed by atoms with Crippen molar-refractivity contribution in [2.24, 2.45) is 17.6 Å². The van der Waals surface area contributed by atoms with Gasteiger partial charge in [0.15, 0.2) is 5.82 Å². The fourth-order valence-electron chi connectivity index (χ4n) is 6.92. The number of amides is 2. The molecule has 0 bridgehead atoms. The molecule has 0 spiro atoms. The molecular formula is C39H42F4N8O5. The number of H-pyrrole nitrogens is 2. The standard InChI is InChI=1S/C39H42F4N8O5/c1-20(2)51-35(54)29-16-21(3)28(18-30(29)50-51)24-8-4-22(5-9-24)17-31(46-33(52)26-10-6-23(19-44)7-11-26)34(53)45-27-14-12-25(13-15-27)32-47-36(49-48-32)38(40,41)39(42,43)37(55)56/h4-5,8-9,12-16,18,20,23,26,31,50H,6-7,10-11,17,19,44H2,1-3H3,(H,45,53)(H,46,52)(H,55,56)(H,47,48,49)/t23?,26?,31-/m0/s1. The number of hydrogen-bond acceptors (Lipinski definition) is 7. The fraction of sp³-hybridized carbons (Fsp3) is 0.385. The zero-order chi connectivity index (χ0) is 40.5. The number of aryl methyl sites for hydroxylation is 1. The van der Waals surface area contributed by atoms with Gasteiger partial charge in [-0.2, -0.15) is 22.7 Å². The van der Waals surface area contributed by atoms with Crippen LogP contribution in [0, 0.1) is 18.8 Å². The Bertz CT molecular complexity index is 2290. The van der Waals surface area contributed by atoms with Gasteiger partial charge in [-0.05, 0) is 118 Å². The number of alkyl halides is 4. The molecule has 0 radical (unpaired) electrons. The number of nitrogens with zero attached hydrogens (tertiary/aromatic N) is 3. The minimum atomic E-state index is -5.44. The number of fused-ring (bicyclic) bond motifs is 1. The molecule has 296 valence electrons. The zero-order valence-corrected chi connectivity index (χ0v) is 30.8. The average Bonchev–Trinajstić information content (AvgIpc) is 3.80. The number of carboxylic acids is 1. The second-order valence-corrected chi connectivity index (χ2v) is 14.5. The van der Waals surface area contributed by atoms with Crippen molar-refractivity contribution < 1.29 is 37.1 Å². The monoisotopic (exact) mass is 778 g/mol. The number of benzene rings is 3. The number of carbonyl (C=O) groups is 3. The Morgan fingerprint density at radius 2 is 1.62 bits per heavy atom. The molecule has 6 rings (SSSR count). The van der Waals surface area contributed by atoms with Gasteiger partial charge in [-0.3, -0.25) is 24.6 Å². The number of nitrogens with two attached hydrogens (primary N) is 1. The van der Waals surface area contributed by atoms with E-state index in [1.54, 1.807) is 9.78 Å². The lowest BCUT2D eigenvalue weighted by atomic mass is 9.81. The minimum Gasteiger partial charge on any atom is -0.477 e. The van der Waals surface area contributed by atoms with Crippen molar-refractivity contribution in [2.75, 3.05) is 11.9 Å². The second kappa shape index (κ2) is 15.7. The fourth-order valence-corrected chi connectivity index (χ4v) is 6.92. The van der Waals surface area contributed by atoms with E-state index < -0.39 is 41.4 Å². The molecular weight excluding hydrogens is 736 g/mol. The molecule has 0 unspecified atom stereocenters. The number of halogens is 4. The van der Waals surface area contributed by atoms with Crippen LogP contribution in [0.3, 0.4) is 0 Å². The average molecular weight is 779 g/mol. The molecule has 1 atom stereocenters. The van der Waals surface area contributed by atoms with Gasteiger partial charge in [0.2, 0.25) is 17.6 Å². The zero-order valence-electron chi connectivity index (χ0n) is 30.8. The highest BCUT2D eigenvalue weighted by molar-refractivity contribution is 5.98. The van der Waals surface area contributed by atoms with E-state index in [2.05, 4.69) is 25.8 Å². The maximum Gasteiger partial charge on any atom is 0.411 e. The Morgan fingerprint density at radius 3 is 2.23 bits per heavy atom. The van der Waals surface area contributed by atoms with Crippen LogP contribution in [0.5, 0.6) is 0 Å². The first-order valence-corrected chi connectivity index (χ1v) is 18.2. The Hall–Kier alpha value is -5.84. The topological polar surface area (TPSA) is 201 Å². The molecule has 1 aliphatic carbocycles. The van der Waals surface area contributed by atoms with E-state index in [1.807, 2.05) is 57.2 Å². The van der Waals surface area contributed by atoms with E-state index >= 15 is 0 Å². The number of nitrogens with one attached hydrogen (secondary N) is 4. The molecule has 2 amide bonds. The van der Waals surface area contributed by atoms with Crippen LogP contribution in [0.2, 0.25) is 0 Å². The van der Waals surface area contributed by atoms with Gasteiger partial charge < -0.3 is 21.5 Å². The highest BCUT2D eigenvalue weighted by atomic mass is 19.3. The summed E-state index contributed by atoms with van der Waals surface area (Å²) in [7, 11) is 0. The van der Waals surface area contributed by atoms with Crippen LogP contribution in [0.15, 0.2) is 65.5 Å². The summed E-state index contributed by atoms with van der Waals surface area (Å²) >= 11 is 0. The molecule has 1 saturated carbocycles. The Kier molecular flexibility index (Phi) is 11.2. The SMILES string of the molecule is Cc1cc2c(=O)n(C(C)C)[nH]c2cc1-c1ccc(C[C@H](NC(=O)C2CCC(CN)CC2)C(=O)Nc2ccc(-c3n[nH]c(C(F)(F)C(F)(F)C(=O)O)n3)cc2)cc1. The molecule has 2 aromatic heterocycles. The lowest BCUT2D eigenvalue weighted by Crippen LogP contribution is -2.48. The summed E-state index contributed by atoms with van der Waals surface area (Å²) in [6, 6.07) is 15.9. The van der Waals surface area contributed by atoms with Crippen molar-refractivity contribution >= 4 is 34.4 Å². The molecule has 1 aliphatic rings. The number of carboxylic acid groups (broad SMARTS) is 1. The van der Waals surface area contributed by atoms with Crippen LogP contribution in [-0.2, 0) is 26.7 Å². The van der Waals surface area contributed by atoms with Gasteiger partial charge in [0.1, 0.15) is 6.04 Å². The van der Waals surface area contributed by atoms with Crippen molar-refractivity contribution in [1.82, 2.24) is 30.3 Å². The number of anilines is 1. The third-order valence-corrected chi connectivity index (χ3v) is 10.3. The second-order valence-electron chi connectivity index (χ2n) is 14.5. The summed E-state index contributed by atoms with van der Waals surface area (Å²) in [6.07, 6.45) is 3.07. The molecule has 17 heteroatoms. The number of aromatic amines is 2. The summed E-state index contributed by atoms with van der Waals surface area (Å²) in [5, 5.41) is 23.3. The van der Waals surface area contributed by atoms with E-state index in [4.69, 9.17) is 10.8 Å². The number of carbonyl (C=O) groups excluding carboxylic acids is 2. The van der Waals surface area contributed by atoms with E-state index in [1.165, 1.54) is 24.3 Å². The van der Waals surface area contributed by atoms with Crippen LogP contribution >= 0.6 is 0 Å². The number of rotatable bonds is 13. The molecule has 7 N–H and O–H groups in total. The van der Waals surface area contributed by atoms with Crippen LogP contribution in [0.1, 0.15) is 62.5 Å². The highest BCUT2D eigenvalue weighted by Gasteiger charge is 2.65. The molecule has 3 aromatic carbocycles. The summed E-state index contributed by atoms with van der Waals surface area (Å²) in [6.45, 7) is 6.33. The predicted octanol–water partition coefficient (Wildman–Crippen LogP) is 5.91. The van der Waals surface area contributed by atoms with Crippen LogP contribution < -0.4 is 21.9 Å². The number of aliphatic carboxylic acids is 1. The summed E-state index contributed by atoms with van der Waals surface area (Å²) < 4.78 is 57.4. The highest BCUT2D eigenvalue weighted by Crippen LogP contribution is 2.42. The van der Waals surface area contributed by atoms with Crippen molar-refractivity contribution in [3.05, 3.63) is 88.0 Å². The first-order valence-electron chi connectivity index (χ1n) is 18.2. The largest absolute Gasteiger partial charge is 0.477 e. The lowest BCUT2D eigenvalue weighted by Gasteiger charge is -2.28. The maximum absolute atomic E-state index is 14.2. The molecule has 1 fully saturated rings. The molecule has 0 saturated heterocycles. The molecule has 13 nitrogen and oxygen atoms in total. The van der Waals surface area contributed by atoms with Crippen molar-refractivity contribution in [2.45, 2.75) is 76.8 Å². The van der Waals surface area contributed by atoms with E-state index in [0.717, 1.165) is 35.1 Å². The first-order chi connectivity index (χ1) is 26.5. The van der Waals surface area contributed by atoms with Gasteiger partial charge in [0.05, 0.1) is 10.9 Å². The number of aromatic nitrogens is 5. The van der Waals surface area contributed by atoms with Gasteiger partial charge in [0, 0.05) is 29.6 Å². The third kappa shape index (κ3) is 7.94. The smallest absolute Gasteiger partial charge is 0.411 e. The third-order valence-electron chi connectivity index (χ3n) is 10.3. The minimum absolute atomic E-state index is 0.0338. The van der Waals surface area contributed by atoms with Gasteiger partial charge in [-0.15, -0.1) is 0 Å². The van der Waals surface area contributed by atoms with E-state index in [-0.39, 0.29) is 41.1 Å². The van der Waals surface area contributed by atoms with Gasteiger partial charge in [0.25, 0.3) is 5.56 Å². The van der Waals surface area contributed by atoms with E-state index in [0.29, 0.717) is 36.2 Å². The van der Waals surface area contributed by atoms with E-state index in [9.17, 15) is 36.7 Å². The van der Waals surface area contributed by atoms with Gasteiger partial charge >= 0.3 is 17.8 Å². The van der Waals surface area contributed by atoms with Crippen molar-refractivity contribution in [3.8, 4) is 22.5 Å². The van der Waals surface area contributed by atoms with Crippen molar-refractivity contribution in [1.29, 1.82) is 0 Å². The molecule has 2 heterocycles. The van der Waals surface area contributed by atoms with Gasteiger partial charge in [-0.1, -0.05) is 24.3 Å². The van der Waals surface area contributed by atoms with Gasteiger partial charge in [-0.25, -0.2) is 14.5 Å². The van der Waals surface area contributed by atoms with Crippen LogP contribution in [0.4, 0.5) is 23.2 Å². The van der Waals surface area contributed by atoms with Crippen LogP contribution in [-0.4, -0.2) is 66.4 Å². The molecule has 56 heavy (non-hydrogen) atoms.